The molecule has 4 rings (SSSR count). The molecule has 0 fully saturated rings. The average Bonchev–Trinajstić information content (AvgIpc) is 3.00. The number of rotatable bonds is 1. The fourth-order valence-electron chi connectivity index (χ4n) is 3.02. The van der Waals surface area contributed by atoms with Crippen molar-refractivity contribution in [2.45, 2.75) is 12.8 Å². The SMILES string of the molecule is COC(=O)c1coc2c3c(oc(=O)c12)-c1ccccc1CC3. The van der Waals surface area contributed by atoms with Gasteiger partial charge in [0.1, 0.15) is 28.6 Å². The summed E-state index contributed by atoms with van der Waals surface area (Å²) in [6.07, 6.45) is 2.79. The van der Waals surface area contributed by atoms with Crippen molar-refractivity contribution in [1.29, 1.82) is 0 Å². The first-order valence-corrected chi connectivity index (χ1v) is 6.94. The van der Waals surface area contributed by atoms with E-state index < -0.39 is 11.6 Å². The lowest BCUT2D eigenvalue weighted by atomic mass is 9.89. The number of benzene rings is 1. The Morgan fingerprint density at radius 2 is 2.05 bits per heavy atom. The van der Waals surface area contributed by atoms with Crippen molar-refractivity contribution in [3.8, 4) is 11.3 Å². The van der Waals surface area contributed by atoms with E-state index in [1.807, 2.05) is 24.3 Å². The topological polar surface area (TPSA) is 69.7 Å². The van der Waals surface area contributed by atoms with Gasteiger partial charge in [0, 0.05) is 11.1 Å². The van der Waals surface area contributed by atoms with Crippen LogP contribution in [0.1, 0.15) is 21.5 Å². The second-order valence-electron chi connectivity index (χ2n) is 5.20. The minimum absolute atomic E-state index is 0.105. The smallest absolute Gasteiger partial charge is 0.348 e. The van der Waals surface area contributed by atoms with Crippen LogP contribution in [0, 0.1) is 0 Å². The van der Waals surface area contributed by atoms with Gasteiger partial charge in [-0.25, -0.2) is 9.59 Å². The van der Waals surface area contributed by atoms with Crippen molar-refractivity contribution in [2.75, 3.05) is 7.11 Å². The predicted molar refractivity (Wildman–Crippen MR) is 78.9 cm³/mol. The Labute approximate surface area is 125 Å². The third-order valence-electron chi connectivity index (χ3n) is 4.05. The van der Waals surface area contributed by atoms with Gasteiger partial charge in [0.2, 0.25) is 0 Å². The molecular weight excluding hydrogens is 284 g/mol. The van der Waals surface area contributed by atoms with Gasteiger partial charge in [-0.05, 0) is 18.4 Å². The van der Waals surface area contributed by atoms with E-state index in [9.17, 15) is 9.59 Å². The van der Waals surface area contributed by atoms with Gasteiger partial charge >= 0.3 is 11.6 Å². The van der Waals surface area contributed by atoms with Gasteiger partial charge in [-0.1, -0.05) is 24.3 Å². The third-order valence-corrected chi connectivity index (χ3v) is 4.05. The molecule has 0 aliphatic heterocycles. The standard InChI is InChI=1S/C17H12O5/c1-20-16(18)12-8-21-15-11-7-6-9-4-2-3-5-10(9)14(11)22-17(19)13(12)15/h2-5,8H,6-7H2,1H3. The molecular formula is C17H12O5. The van der Waals surface area contributed by atoms with Crippen LogP contribution in [0.3, 0.4) is 0 Å². The second-order valence-corrected chi connectivity index (χ2v) is 5.20. The molecule has 0 spiro atoms. The summed E-state index contributed by atoms with van der Waals surface area (Å²) in [4.78, 5) is 24.1. The van der Waals surface area contributed by atoms with E-state index in [0.717, 1.165) is 23.1 Å². The molecule has 0 radical (unpaired) electrons. The van der Waals surface area contributed by atoms with Crippen LogP contribution >= 0.6 is 0 Å². The molecule has 0 bridgehead atoms. The number of esters is 1. The van der Waals surface area contributed by atoms with Crippen LogP contribution in [0.5, 0.6) is 0 Å². The Balaban J connectivity index is 2.06. The Bertz CT molecular complexity index is 961. The molecule has 0 N–H and O–H groups in total. The van der Waals surface area contributed by atoms with Crippen molar-refractivity contribution in [1.82, 2.24) is 0 Å². The molecule has 5 heteroatoms. The molecule has 1 aliphatic rings. The molecule has 22 heavy (non-hydrogen) atoms. The number of ether oxygens (including phenoxy) is 1. The van der Waals surface area contributed by atoms with E-state index >= 15 is 0 Å². The number of hydrogen-bond donors (Lipinski definition) is 0. The van der Waals surface area contributed by atoms with E-state index in [1.54, 1.807) is 0 Å². The van der Waals surface area contributed by atoms with E-state index in [2.05, 4.69) is 4.74 Å². The van der Waals surface area contributed by atoms with Crippen LogP contribution in [0.25, 0.3) is 22.3 Å². The zero-order valence-electron chi connectivity index (χ0n) is 11.8. The highest BCUT2D eigenvalue weighted by Gasteiger charge is 2.27. The van der Waals surface area contributed by atoms with Gasteiger partial charge in [0.05, 0.1) is 7.11 Å². The maximum Gasteiger partial charge on any atom is 0.348 e. The highest BCUT2D eigenvalue weighted by atomic mass is 16.5. The van der Waals surface area contributed by atoms with E-state index in [0.29, 0.717) is 17.8 Å². The van der Waals surface area contributed by atoms with Crippen LogP contribution in [-0.4, -0.2) is 13.1 Å². The highest BCUT2D eigenvalue weighted by Crippen LogP contribution is 2.37. The largest absolute Gasteiger partial charge is 0.465 e. The Morgan fingerprint density at radius 3 is 2.86 bits per heavy atom. The Morgan fingerprint density at radius 1 is 1.23 bits per heavy atom. The van der Waals surface area contributed by atoms with Crippen molar-refractivity contribution < 1.29 is 18.4 Å². The summed E-state index contributed by atoms with van der Waals surface area (Å²) in [5.41, 5.74) is 2.80. The maximum atomic E-state index is 12.3. The average molecular weight is 296 g/mol. The van der Waals surface area contributed by atoms with Crippen LogP contribution < -0.4 is 5.63 Å². The van der Waals surface area contributed by atoms with Crippen molar-refractivity contribution in [3.05, 3.63) is 57.6 Å². The summed E-state index contributed by atoms with van der Waals surface area (Å²) < 4.78 is 15.7. The van der Waals surface area contributed by atoms with Crippen LogP contribution in [0.15, 0.2) is 44.2 Å². The molecule has 0 unspecified atom stereocenters. The second kappa shape index (κ2) is 4.59. The molecule has 0 saturated carbocycles. The number of aryl methyl sites for hydroxylation is 2. The van der Waals surface area contributed by atoms with Crippen molar-refractivity contribution in [3.63, 3.8) is 0 Å². The molecule has 0 atom stereocenters. The summed E-state index contributed by atoms with van der Waals surface area (Å²) in [5, 5.41) is 0.157. The summed E-state index contributed by atoms with van der Waals surface area (Å²) >= 11 is 0. The normalized spacial score (nSPS) is 12.8. The molecule has 0 amide bonds. The van der Waals surface area contributed by atoms with Gasteiger partial charge in [-0.15, -0.1) is 0 Å². The lowest BCUT2D eigenvalue weighted by Crippen LogP contribution is -2.12. The zero-order chi connectivity index (χ0) is 15.3. The van der Waals surface area contributed by atoms with Gasteiger partial charge < -0.3 is 13.6 Å². The van der Waals surface area contributed by atoms with Crippen LogP contribution in [-0.2, 0) is 17.6 Å². The van der Waals surface area contributed by atoms with Gasteiger partial charge in [-0.3, -0.25) is 0 Å². The first-order valence-electron chi connectivity index (χ1n) is 6.94. The van der Waals surface area contributed by atoms with Crippen molar-refractivity contribution in [2.24, 2.45) is 0 Å². The van der Waals surface area contributed by atoms with E-state index in [-0.39, 0.29) is 10.9 Å². The van der Waals surface area contributed by atoms with Crippen LogP contribution in [0.4, 0.5) is 0 Å². The predicted octanol–water partition coefficient (Wildman–Crippen LogP) is 2.94. The lowest BCUT2D eigenvalue weighted by molar-refractivity contribution is 0.0601. The van der Waals surface area contributed by atoms with Gasteiger partial charge in [-0.2, -0.15) is 0 Å². The monoisotopic (exact) mass is 296 g/mol. The molecule has 2 heterocycles. The van der Waals surface area contributed by atoms with Crippen LogP contribution in [0.2, 0.25) is 0 Å². The molecule has 1 aliphatic carbocycles. The minimum atomic E-state index is -0.609. The number of furan rings is 1. The number of methoxy groups -OCH3 is 1. The first kappa shape index (κ1) is 12.9. The number of carbonyl (C=O) groups excluding carboxylic acids is 1. The molecule has 3 aromatic rings. The van der Waals surface area contributed by atoms with Gasteiger partial charge in [0.25, 0.3) is 0 Å². The Kier molecular flexibility index (Phi) is 2.69. The quantitative estimate of drug-likeness (QED) is 0.646. The van der Waals surface area contributed by atoms with Crippen molar-refractivity contribution >= 4 is 16.9 Å². The number of carbonyl (C=O) groups is 1. The summed E-state index contributed by atoms with van der Waals surface area (Å²) in [7, 11) is 1.26. The van der Waals surface area contributed by atoms with Gasteiger partial charge in [0.15, 0.2) is 0 Å². The maximum absolute atomic E-state index is 12.3. The first-order chi connectivity index (χ1) is 10.7. The summed E-state index contributed by atoms with van der Waals surface area (Å²) in [6.45, 7) is 0. The fraction of sp³-hybridized carbons (Fsp3) is 0.176. The third kappa shape index (κ3) is 1.65. The molecule has 5 nitrogen and oxygen atoms in total. The highest BCUT2D eigenvalue weighted by molar-refractivity contribution is 6.04. The summed E-state index contributed by atoms with van der Waals surface area (Å²) in [6, 6.07) is 7.81. The summed E-state index contributed by atoms with van der Waals surface area (Å²) in [5.74, 6) is -0.0766. The van der Waals surface area contributed by atoms with E-state index in [4.69, 9.17) is 8.83 Å². The number of fused-ring (bicyclic) bond motifs is 5. The van der Waals surface area contributed by atoms with E-state index in [1.165, 1.54) is 13.4 Å². The Hall–Kier alpha value is -2.82. The zero-order valence-corrected chi connectivity index (χ0v) is 11.8. The fourth-order valence-corrected chi connectivity index (χ4v) is 3.02. The molecule has 110 valence electrons. The number of hydrogen-bond acceptors (Lipinski definition) is 5. The lowest BCUT2D eigenvalue weighted by Gasteiger charge is -2.17. The molecule has 1 aromatic carbocycles. The molecule has 0 saturated heterocycles. The minimum Gasteiger partial charge on any atom is -0.465 e. The molecule has 2 aromatic heterocycles.